The molecule has 0 amide bonds. The number of methoxy groups -OCH3 is 1. The van der Waals surface area contributed by atoms with Gasteiger partial charge in [-0.15, -0.1) is 5.10 Å². The molecule has 1 aliphatic rings. The van der Waals surface area contributed by atoms with Crippen LogP contribution in [0, 0.1) is 4.77 Å². The van der Waals surface area contributed by atoms with Crippen molar-refractivity contribution in [3.8, 4) is 5.75 Å². The number of ether oxygens (including phenoxy) is 1. The number of para-hydroxylation sites is 2. The zero-order chi connectivity index (χ0) is 24.8. The molecule has 1 aliphatic carbocycles. The minimum absolute atomic E-state index is 0.103. The fraction of sp³-hybridized carbons (Fsp3) is 0.250. The minimum Gasteiger partial charge on any atom is -0.496 e. The van der Waals surface area contributed by atoms with Crippen molar-refractivity contribution in [3.63, 3.8) is 0 Å². The van der Waals surface area contributed by atoms with E-state index in [4.69, 9.17) is 22.1 Å². The first-order valence-electron chi connectivity index (χ1n) is 12.1. The van der Waals surface area contributed by atoms with Gasteiger partial charge in [-0.1, -0.05) is 54.6 Å². The van der Waals surface area contributed by atoms with Crippen molar-refractivity contribution in [1.29, 1.82) is 0 Å². The molecule has 0 radical (unpaired) electrons. The van der Waals surface area contributed by atoms with E-state index in [0.29, 0.717) is 35.2 Å². The number of aryl methyl sites for hydroxylation is 1. The molecule has 3 aromatic carbocycles. The topological polar surface area (TPSA) is 56.7 Å². The highest BCUT2D eigenvalue weighted by molar-refractivity contribution is 7.71. The average molecular weight is 498 g/mol. The number of hydrogen-bond acceptors (Lipinski definition) is 5. The van der Waals surface area contributed by atoms with Crippen LogP contribution in [0.4, 0.5) is 0 Å². The first-order chi connectivity index (χ1) is 17.6. The average Bonchev–Trinajstić information content (AvgIpc) is 3.48. The van der Waals surface area contributed by atoms with E-state index in [2.05, 4.69) is 36.2 Å². The molecule has 182 valence electrons. The Balaban J connectivity index is 1.48. The molecule has 0 saturated heterocycles. The van der Waals surface area contributed by atoms with Gasteiger partial charge in [0.05, 0.1) is 31.2 Å². The minimum atomic E-state index is -0.103. The van der Waals surface area contributed by atoms with Crippen LogP contribution < -0.4 is 10.3 Å². The summed E-state index contributed by atoms with van der Waals surface area (Å²) in [5.41, 5.74) is 4.34. The van der Waals surface area contributed by atoms with Gasteiger partial charge in [0.25, 0.3) is 5.56 Å². The predicted molar refractivity (Wildman–Crippen MR) is 143 cm³/mol. The standard InChI is InChI=1S/C28H27N5O2S/c1-30(23-16-15-19-9-3-5-11-21(19)23)18-32-28(36)33-24-13-7-6-12-22(24)26(34)31(27(33)29-32)17-20-10-4-8-14-25(20)35-2/h3-14,23H,15-18H2,1-2H3. The Labute approximate surface area is 213 Å². The summed E-state index contributed by atoms with van der Waals surface area (Å²) in [6.07, 6.45) is 2.14. The van der Waals surface area contributed by atoms with E-state index in [-0.39, 0.29) is 5.56 Å². The lowest BCUT2D eigenvalue weighted by molar-refractivity contribution is 0.182. The summed E-state index contributed by atoms with van der Waals surface area (Å²) in [4.78, 5) is 15.9. The van der Waals surface area contributed by atoms with Crippen LogP contribution in [0.1, 0.15) is 29.2 Å². The van der Waals surface area contributed by atoms with Crippen LogP contribution in [0.2, 0.25) is 0 Å². The van der Waals surface area contributed by atoms with Gasteiger partial charge in [-0.05, 0) is 61.4 Å². The van der Waals surface area contributed by atoms with Crippen molar-refractivity contribution in [2.24, 2.45) is 0 Å². The molecule has 0 N–H and O–H groups in total. The van der Waals surface area contributed by atoms with Crippen molar-refractivity contribution < 1.29 is 4.74 Å². The monoisotopic (exact) mass is 497 g/mol. The number of aromatic nitrogens is 4. The SMILES string of the molecule is COc1ccccc1Cn1c(=O)c2ccccc2n2c(=S)n(CN(C)C3CCc4ccccc43)nc12. The van der Waals surface area contributed by atoms with Crippen molar-refractivity contribution in [1.82, 2.24) is 23.6 Å². The summed E-state index contributed by atoms with van der Waals surface area (Å²) in [6.45, 7) is 0.853. The van der Waals surface area contributed by atoms with E-state index in [0.717, 1.165) is 29.7 Å². The third kappa shape index (κ3) is 3.65. The molecule has 0 spiro atoms. The summed E-state index contributed by atoms with van der Waals surface area (Å²) >= 11 is 5.94. The third-order valence-electron chi connectivity index (χ3n) is 7.20. The quantitative estimate of drug-likeness (QED) is 0.315. The number of hydrogen-bond donors (Lipinski definition) is 0. The van der Waals surface area contributed by atoms with E-state index in [1.54, 1.807) is 11.7 Å². The van der Waals surface area contributed by atoms with Crippen molar-refractivity contribution in [2.45, 2.75) is 32.1 Å². The number of benzene rings is 3. The molecule has 7 nitrogen and oxygen atoms in total. The first-order valence-corrected chi connectivity index (χ1v) is 12.5. The van der Waals surface area contributed by atoms with E-state index >= 15 is 0 Å². The lowest BCUT2D eigenvalue weighted by Crippen LogP contribution is -2.26. The second kappa shape index (κ2) is 9.04. The Morgan fingerprint density at radius 2 is 1.81 bits per heavy atom. The maximum Gasteiger partial charge on any atom is 0.263 e. The molecule has 1 atom stereocenters. The maximum atomic E-state index is 13.7. The second-order valence-corrected chi connectivity index (χ2v) is 9.65. The van der Waals surface area contributed by atoms with Gasteiger partial charge >= 0.3 is 0 Å². The van der Waals surface area contributed by atoms with Crippen LogP contribution in [-0.4, -0.2) is 37.8 Å². The fourth-order valence-electron chi connectivity index (χ4n) is 5.41. The number of nitrogens with zero attached hydrogens (tertiary/aromatic N) is 5. The van der Waals surface area contributed by atoms with Crippen LogP contribution in [0.25, 0.3) is 16.7 Å². The van der Waals surface area contributed by atoms with Gasteiger partial charge in [-0.3, -0.25) is 18.7 Å². The second-order valence-electron chi connectivity index (χ2n) is 9.29. The largest absolute Gasteiger partial charge is 0.496 e. The highest BCUT2D eigenvalue weighted by Gasteiger charge is 2.26. The first kappa shape index (κ1) is 22.7. The molecule has 1 unspecified atom stereocenters. The Bertz CT molecular complexity index is 1720. The van der Waals surface area contributed by atoms with Gasteiger partial charge in [0.2, 0.25) is 10.5 Å². The summed E-state index contributed by atoms with van der Waals surface area (Å²) in [5, 5.41) is 5.50. The van der Waals surface area contributed by atoms with Gasteiger partial charge < -0.3 is 4.74 Å². The van der Waals surface area contributed by atoms with E-state index in [1.165, 1.54) is 11.1 Å². The molecule has 2 aromatic heterocycles. The van der Waals surface area contributed by atoms with Crippen molar-refractivity contribution in [2.75, 3.05) is 14.2 Å². The Kier molecular flexibility index (Phi) is 5.70. The van der Waals surface area contributed by atoms with E-state index in [1.807, 2.05) is 57.6 Å². The van der Waals surface area contributed by atoms with Crippen molar-refractivity contribution in [3.05, 3.63) is 105 Å². The highest BCUT2D eigenvalue weighted by atomic mass is 32.1. The normalized spacial score (nSPS) is 15.1. The van der Waals surface area contributed by atoms with Gasteiger partial charge in [0.1, 0.15) is 5.75 Å². The molecule has 5 aromatic rings. The molecule has 36 heavy (non-hydrogen) atoms. The molecular formula is C28H27N5O2S. The molecule has 0 bridgehead atoms. The van der Waals surface area contributed by atoms with Gasteiger partial charge in [-0.2, -0.15) is 0 Å². The smallest absolute Gasteiger partial charge is 0.263 e. The van der Waals surface area contributed by atoms with E-state index < -0.39 is 0 Å². The predicted octanol–water partition coefficient (Wildman–Crippen LogP) is 4.81. The fourth-order valence-corrected chi connectivity index (χ4v) is 5.69. The molecule has 0 saturated carbocycles. The van der Waals surface area contributed by atoms with Crippen LogP contribution >= 0.6 is 12.2 Å². The molecule has 0 fully saturated rings. The highest BCUT2D eigenvalue weighted by Crippen LogP contribution is 2.35. The number of rotatable bonds is 6. The summed E-state index contributed by atoms with van der Waals surface area (Å²) in [5.74, 6) is 1.25. The molecular weight excluding hydrogens is 470 g/mol. The zero-order valence-electron chi connectivity index (χ0n) is 20.3. The van der Waals surface area contributed by atoms with Crippen LogP contribution in [0.5, 0.6) is 5.75 Å². The summed E-state index contributed by atoms with van der Waals surface area (Å²) < 4.78 is 11.5. The molecule has 8 heteroatoms. The Morgan fingerprint density at radius 3 is 2.67 bits per heavy atom. The molecule has 0 aliphatic heterocycles. The van der Waals surface area contributed by atoms with Gasteiger partial charge in [0, 0.05) is 11.6 Å². The molecule has 2 heterocycles. The molecule has 6 rings (SSSR count). The van der Waals surface area contributed by atoms with Crippen molar-refractivity contribution >= 4 is 28.9 Å². The lowest BCUT2D eigenvalue weighted by atomic mass is 10.1. The zero-order valence-corrected chi connectivity index (χ0v) is 21.1. The summed E-state index contributed by atoms with van der Waals surface area (Å²) in [7, 11) is 3.75. The number of fused-ring (bicyclic) bond motifs is 4. The maximum absolute atomic E-state index is 13.7. The van der Waals surface area contributed by atoms with Crippen LogP contribution in [0.15, 0.2) is 77.6 Å². The third-order valence-corrected chi connectivity index (χ3v) is 7.59. The Morgan fingerprint density at radius 1 is 1.06 bits per heavy atom. The Hall–Kier alpha value is -3.75. The van der Waals surface area contributed by atoms with Gasteiger partial charge in [-0.25, -0.2) is 4.68 Å². The summed E-state index contributed by atoms with van der Waals surface area (Å²) in [6, 6.07) is 24.2. The van der Waals surface area contributed by atoms with E-state index in [9.17, 15) is 4.79 Å². The van der Waals surface area contributed by atoms with Gasteiger partial charge in [0.15, 0.2) is 0 Å². The van der Waals surface area contributed by atoms with Crippen LogP contribution in [0.3, 0.4) is 0 Å². The lowest BCUT2D eigenvalue weighted by Gasteiger charge is -2.24. The van der Waals surface area contributed by atoms with Crippen LogP contribution in [-0.2, 0) is 19.6 Å².